The number of aromatic nitrogens is 3. The number of pyridine rings is 1. The van der Waals surface area contributed by atoms with E-state index in [1.165, 1.54) is 12.1 Å². The van der Waals surface area contributed by atoms with Crippen LogP contribution in [-0.2, 0) is 11.2 Å². The molecular formula is C26H32FN7O. The summed E-state index contributed by atoms with van der Waals surface area (Å²) >= 11 is 0. The summed E-state index contributed by atoms with van der Waals surface area (Å²) in [6.07, 6.45) is 8.59. The molecule has 0 aliphatic carbocycles. The summed E-state index contributed by atoms with van der Waals surface area (Å²) in [5, 5.41) is 6.23. The van der Waals surface area contributed by atoms with Crippen LogP contribution in [-0.4, -0.2) is 64.4 Å². The lowest BCUT2D eigenvalue weighted by molar-refractivity contribution is -0.130. The molecule has 1 unspecified atom stereocenters. The first-order valence-electron chi connectivity index (χ1n) is 12.1. The monoisotopic (exact) mass is 477 g/mol. The lowest BCUT2D eigenvalue weighted by Gasteiger charge is -2.24. The number of carbonyl (C=O) groups is 1. The van der Waals surface area contributed by atoms with Crippen molar-refractivity contribution in [3.05, 3.63) is 84.0 Å². The molecule has 1 atom stereocenters. The smallest absolute Gasteiger partial charge is 0.241 e. The Hall–Kier alpha value is -3.75. The normalized spacial score (nSPS) is 13.7. The third-order valence-corrected chi connectivity index (χ3v) is 6.13. The molecule has 1 amide bonds. The van der Waals surface area contributed by atoms with Gasteiger partial charge < -0.3 is 20.5 Å². The van der Waals surface area contributed by atoms with Crippen LogP contribution in [0.5, 0.6) is 0 Å². The number of hydrogen-bond donors (Lipinski definition) is 3. The van der Waals surface area contributed by atoms with Crippen molar-refractivity contribution in [3.63, 3.8) is 0 Å². The number of guanidine groups is 1. The Morgan fingerprint density at radius 3 is 2.74 bits per heavy atom. The highest BCUT2D eigenvalue weighted by Crippen LogP contribution is 2.28. The minimum absolute atomic E-state index is 0.0423. The van der Waals surface area contributed by atoms with Crippen LogP contribution in [0.1, 0.15) is 42.1 Å². The Kier molecular flexibility index (Phi) is 8.80. The van der Waals surface area contributed by atoms with Gasteiger partial charge in [0.15, 0.2) is 5.96 Å². The molecule has 0 bridgehead atoms. The summed E-state index contributed by atoms with van der Waals surface area (Å²) in [5.41, 5.74) is 3.02. The molecule has 0 fully saturated rings. The van der Waals surface area contributed by atoms with Crippen molar-refractivity contribution in [2.75, 3.05) is 32.7 Å². The first kappa shape index (κ1) is 24.4. The molecule has 35 heavy (non-hydrogen) atoms. The molecule has 2 aromatic heterocycles. The molecule has 0 radical (unpaired) electrons. The van der Waals surface area contributed by atoms with E-state index in [4.69, 9.17) is 0 Å². The highest BCUT2D eigenvalue weighted by Gasteiger charge is 2.18. The van der Waals surface area contributed by atoms with E-state index in [2.05, 4.69) is 30.6 Å². The van der Waals surface area contributed by atoms with Crippen molar-refractivity contribution < 1.29 is 9.18 Å². The summed E-state index contributed by atoms with van der Waals surface area (Å²) in [5.74, 6) is 0.566. The number of benzene rings is 1. The number of unbranched alkanes of at least 4 members (excludes halogenated alkanes) is 1. The third-order valence-electron chi connectivity index (χ3n) is 6.13. The van der Waals surface area contributed by atoms with Gasteiger partial charge >= 0.3 is 0 Å². The zero-order chi connectivity index (χ0) is 24.3. The average Bonchev–Trinajstić information content (AvgIpc) is 3.60. The number of imidazole rings is 1. The quantitative estimate of drug-likeness (QED) is 0.349. The number of nitrogens with zero attached hydrogens (tertiary/aromatic N) is 4. The zero-order valence-corrected chi connectivity index (χ0v) is 19.8. The number of halogens is 1. The SMILES string of the molecule is O=C(CNC1=NCCN1)N(CCCCC(c1ccc(F)cc1)c1ccccn1)CCc1cnc[nH]1. The van der Waals surface area contributed by atoms with Crippen molar-refractivity contribution in [2.24, 2.45) is 4.99 Å². The van der Waals surface area contributed by atoms with E-state index in [0.717, 1.165) is 55.7 Å². The van der Waals surface area contributed by atoms with Gasteiger partial charge in [-0.2, -0.15) is 0 Å². The minimum Gasteiger partial charge on any atom is -0.355 e. The molecule has 3 heterocycles. The lowest BCUT2D eigenvalue weighted by Crippen LogP contribution is -2.44. The molecule has 184 valence electrons. The zero-order valence-electron chi connectivity index (χ0n) is 19.8. The van der Waals surface area contributed by atoms with E-state index in [1.807, 2.05) is 35.2 Å². The fraction of sp³-hybridized carbons (Fsp3) is 0.385. The van der Waals surface area contributed by atoms with E-state index in [1.54, 1.807) is 18.7 Å². The van der Waals surface area contributed by atoms with Crippen LogP contribution in [0.15, 0.2) is 66.2 Å². The van der Waals surface area contributed by atoms with Crippen LogP contribution >= 0.6 is 0 Å². The van der Waals surface area contributed by atoms with E-state index >= 15 is 0 Å². The van der Waals surface area contributed by atoms with Crippen LogP contribution in [0, 0.1) is 5.82 Å². The van der Waals surface area contributed by atoms with Gasteiger partial charge in [0.05, 0.1) is 19.4 Å². The molecule has 1 aromatic carbocycles. The van der Waals surface area contributed by atoms with E-state index < -0.39 is 0 Å². The maximum Gasteiger partial charge on any atom is 0.241 e. The maximum absolute atomic E-state index is 13.5. The standard InChI is InChI=1S/C26H32FN7O/c27-21-9-7-20(8-10-21)23(24-6-1-3-12-29-24)5-2-4-15-34(16-11-22-17-28-19-33-22)25(35)18-32-26-30-13-14-31-26/h1,3,6-10,12,17,19,23H,2,4-5,11,13-16,18H2,(H,28,33)(H2,30,31,32). The van der Waals surface area contributed by atoms with E-state index in [0.29, 0.717) is 19.0 Å². The second-order valence-electron chi connectivity index (χ2n) is 8.57. The molecule has 0 spiro atoms. The van der Waals surface area contributed by atoms with Crippen molar-refractivity contribution >= 4 is 11.9 Å². The van der Waals surface area contributed by atoms with Crippen molar-refractivity contribution in [3.8, 4) is 0 Å². The second kappa shape index (κ2) is 12.6. The molecular weight excluding hydrogens is 445 g/mol. The second-order valence-corrected chi connectivity index (χ2v) is 8.57. The first-order chi connectivity index (χ1) is 17.2. The maximum atomic E-state index is 13.5. The van der Waals surface area contributed by atoms with Gasteiger partial charge in [0.25, 0.3) is 0 Å². The van der Waals surface area contributed by atoms with Gasteiger partial charge in [-0.1, -0.05) is 24.6 Å². The number of carbonyl (C=O) groups excluding carboxylic acids is 1. The summed E-state index contributed by atoms with van der Waals surface area (Å²) in [7, 11) is 0. The summed E-state index contributed by atoms with van der Waals surface area (Å²) in [6, 6.07) is 12.6. The van der Waals surface area contributed by atoms with Crippen molar-refractivity contribution in [1.29, 1.82) is 0 Å². The molecule has 0 saturated heterocycles. The van der Waals surface area contributed by atoms with Gasteiger partial charge in [-0.3, -0.25) is 14.8 Å². The highest BCUT2D eigenvalue weighted by molar-refractivity contribution is 5.87. The van der Waals surface area contributed by atoms with Gasteiger partial charge in [0.2, 0.25) is 5.91 Å². The summed E-state index contributed by atoms with van der Waals surface area (Å²) < 4.78 is 13.5. The van der Waals surface area contributed by atoms with Gasteiger partial charge in [-0.05, 0) is 42.7 Å². The number of hydrogen-bond acceptors (Lipinski definition) is 6. The Bertz CT molecular complexity index is 1070. The van der Waals surface area contributed by atoms with Crippen LogP contribution in [0.4, 0.5) is 4.39 Å². The number of amides is 1. The molecule has 0 saturated carbocycles. The van der Waals surface area contributed by atoms with Gasteiger partial charge in [0.1, 0.15) is 5.82 Å². The molecule has 1 aliphatic rings. The first-order valence-corrected chi connectivity index (χ1v) is 12.1. The minimum atomic E-state index is -0.243. The predicted octanol–water partition coefficient (Wildman–Crippen LogP) is 2.87. The third kappa shape index (κ3) is 7.37. The number of H-pyrrole nitrogens is 1. The van der Waals surface area contributed by atoms with Gasteiger partial charge in [-0.25, -0.2) is 9.37 Å². The Balaban J connectivity index is 1.34. The lowest BCUT2D eigenvalue weighted by atomic mass is 9.90. The number of aliphatic imine (C=N–C) groups is 1. The Labute approximate surface area is 205 Å². The highest BCUT2D eigenvalue weighted by atomic mass is 19.1. The largest absolute Gasteiger partial charge is 0.355 e. The molecule has 1 aliphatic heterocycles. The molecule has 3 N–H and O–H groups in total. The summed E-state index contributed by atoms with van der Waals surface area (Å²) in [6.45, 7) is 3.01. The average molecular weight is 478 g/mol. The van der Waals surface area contributed by atoms with E-state index in [-0.39, 0.29) is 24.2 Å². The van der Waals surface area contributed by atoms with Crippen molar-refractivity contribution in [1.82, 2.24) is 30.5 Å². The number of nitrogens with one attached hydrogen (secondary N) is 3. The molecule has 4 rings (SSSR count). The number of aromatic amines is 1. The van der Waals surface area contributed by atoms with Crippen molar-refractivity contribution in [2.45, 2.75) is 31.6 Å². The van der Waals surface area contributed by atoms with Crippen LogP contribution < -0.4 is 10.6 Å². The van der Waals surface area contributed by atoms with Crippen LogP contribution in [0.2, 0.25) is 0 Å². The Morgan fingerprint density at radius 1 is 1.14 bits per heavy atom. The van der Waals surface area contributed by atoms with Crippen LogP contribution in [0.3, 0.4) is 0 Å². The molecule has 9 heteroatoms. The van der Waals surface area contributed by atoms with Gasteiger partial charge in [-0.15, -0.1) is 0 Å². The molecule has 8 nitrogen and oxygen atoms in total. The fourth-order valence-electron chi connectivity index (χ4n) is 4.24. The summed E-state index contributed by atoms with van der Waals surface area (Å²) in [4.78, 5) is 30.9. The number of rotatable bonds is 12. The molecule has 3 aromatic rings. The van der Waals surface area contributed by atoms with E-state index in [9.17, 15) is 9.18 Å². The predicted molar refractivity (Wildman–Crippen MR) is 134 cm³/mol. The Morgan fingerprint density at radius 2 is 2.03 bits per heavy atom. The van der Waals surface area contributed by atoms with Gasteiger partial charge in [0, 0.05) is 55.8 Å². The van der Waals surface area contributed by atoms with Crippen LogP contribution in [0.25, 0.3) is 0 Å². The fourth-order valence-corrected chi connectivity index (χ4v) is 4.24. The topological polar surface area (TPSA) is 98.3 Å².